The normalized spacial score (nSPS) is 25.6. The summed E-state index contributed by atoms with van der Waals surface area (Å²) >= 11 is 0. The molecule has 0 spiro atoms. The van der Waals surface area contributed by atoms with E-state index in [1.165, 1.54) is 66.4 Å². The average Bonchev–Trinajstić information content (AvgIpc) is 2.85. The van der Waals surface area contributed by atoms with E-state index in [0.717, 1.165) is 5.92 Å². The fraction of sp³-hybridized carbons (Fsp3) is 0.500. The van der Waals surface area contributed by atoms with Crippen LogP contribution in [0.2, 0.25) is 0 Å². The molecule has 0 aromatic heterocycles. The molecule has 0 aromatic rings. The van der Waals surface area contributed by atoms with E-state index in [2.05, 4.69) is 154 Å². The lowest BCUT2D eigenvalue weighted by Crippen LogP contribution is -2.32. The molecule has 1 saturated carbocycles. The van der Waals surface area contributed by atoms with Crippen LogP contribution in [0.5, 0.6) is 0 Å². The molecule has 0 heteroatoms. The lowest BCUT2D eigenvalue weighted by molar-refractivity contribution is 0.123. The first-order valence-corrected chi connectivity index (χ1v) is 15.6. The molecule has 218 valence electrons. The number of allylic oxidation sites excluding steroid dienone is 20. The number of hydrogen-bond donors (Lipinski definition) is 0. The van der Waals surface area contributed by atoms with Crippen LogP contribution in [0, 0.1) is 22.7 Å². The summed E-state index contributed by atoms with van der Waals surface area (Å²) in [5.41, 5.74) is 8.83. The minimum atomic E-state index is 0.293. The van der Waals surface area contributed by atoms with Crippen molar-refractivity contribution in [2.24, 2.45) is 22.7 Å². The van der Waals surface area contributed by atoms with Gasteiger partial charge in [-0.1, -0.05) is 160 Å². The summed E-state index contributed by atoms with van der Waals surface area (Å²) in [6.45, 7) is 23.0. The van der Waals surface area contributed by atoms with Gasteiger partial charge in [-0.25, -0.2) is 0 Å². The van der Waals surface area contributed by atoms with Gasteiger partial charge in [-0.15, -0.1) is 0 Å². The standard InChI is InChI=1S/C40H58/c1-31(19-13-21-33(3)25-27-37-35(5)23-15-29-39(37,7)8)17-11-12-18-32(2)20-14-22-34(4)26-28-38-36(6)24-16-30-40(38,9)10/h11-14,17-22,25-28,35,37H,15-16,23-24,29-30H2,1-10H3/b12-11+,19-13+,20-14+,27-25+,28-26+,31-17+,32-18+,33-21+,34-22+/t35?,37-/m1/s1. The predicted molar refractivity (Wildman–Crippen MR) is 181 cm³/mol. The molecule has 2 rings (SSSR count). The first-order chi connectivity index (χ1) is 18.8. The molecule has 0 bridgehead atoms. The number of hydrogen-bond acceptors (Lipinski definition) is 0. The van der Waals surface area contributed by atoms with Crippen LogP contribution in [0.15, 0.2) is 119 Å². The van der Waals surface area contributed by atoms with Crippen LogP contribution >= 0.6 is 0 Å². The quantitative estimate of drug-likeness (QED) is 0.243. The zero-order chi connectivity index (χ0) is 29.8. The van der Waals surface area contributed by atoms with Crippen LogP contribution in [0.25, 0.3) is 0 Å². The van der Waals surface area contributed by atoms with E-state index in [1.54, 1.807) is 5.57 Å². The van der Waals surface area contributed by atoms with Gasteiger partial charge in [-0.2, -0.15) is 0 Å². The summed E-state index contributed by atoms with van der Waals surface area (Å²) in [7, 11) is 0. The second kappa shape index (κ2) is 16.0. The van der Waals surface area contributed by atoms with Gasteiger partial charge in [-0.05, 0) is 88.5 Å². The fourth-order valence-electron chi connectivity index (χ4n) is 6.27. The Balaban J connectivity index is 1.87. The van der Waals surface area contributed by atoms with E-state index in [1.807, 2.05) is 0 Å². The van der Waals surface area contributed by atoms with Crippen LogP contribution in [0.1, 0.15) is 108 Å². The third-order valence-corrected chi connectivity index (χ3v) is 8.88. The molecular formula is C40H58. The Hall–Kier alpha value is -2.60. The highest BCUT2D eigenvalue weighted by Gasteiger charge is 2.34. The van der Waals surface area contributed by atoms with Crippen LogP contribution < -0.4 is 0 Å². The minimum Gasteiger partial charge on any atom is -0.0804 e. The highest BCUT2D eigenvalue weighted by Crippen LogP contribution is 2.44. The highest BCUT2D eigenvalue weighted by atomic mass is 14.4. The molecule has 2 atom stereocenters. The Bertz CT molecular complexity index is 1140. The van der Waals surface area contributed by atoms with E-state index >= 15 is 0 Å². The molecule has 40 heavy (non-hydrogen) atoms. The lowest BCUT2D eigenvalue weighted by atomic mass is 9.64. The second-order valence-corrected chi connectivity index (χ2v) is 13.8. The van der Waals surface area contributed by atoms with Gasteiger partial charge in [0.15, 0.2) is 0 Å². The molecule has 0 heterocycles. The molecule has 0 nitrogen and oxygen atoms in total. The van der Waals surface area contributed by atoms with Gasteiger partial charge >= 0.3 is 0 Å². The first kappa shape index (κ1) is 33.6. The lowest BCUT2D eigenvalue weighted by Gasteiger charge is -2.41. The van der Waals surface area contributed by atoms with Crippen LogP contribution in [-0.2, 0) is 0 Å². The van der Waals surface area contributed by atoms with Crippen LogP contribution in [0.3, 0.4) is 0 Å². The molecule has 1 fully saturated rings. The Morgan fingerprint density at radius 2 is 1.20 bits per heavy atom. The molecular weight excluding hydrogens is 480 g/mol. The van der Waals surface area contributed by atoms with Crippen molar-refractivity contribution in [2.45, 2.75) is 108 Å². The SMILES string of the molecule is CC1=C(/C=C/C(C)=C/C=C/C(C)=C/C=C/C=C(C)/C=C/C=C(C)/C=C/[C@@H]2C(C)CCCC2(C)C)C(C)(C)CCC1. The summed E-state index contributed by atoms with van der Waals surface area (Å²) in [6.07, 6.45) is 38.9. The van der Waals surface area contributed by atoms with Crippen molar-refractivity contribution in [1.82, 2.24) is 0 Å². The van der Waals surface area contributed by atoms with Gasteiger partial charge in [-0.3, -0.25) is 0 Å². The fourth-order valence-corrected chi connectivity index (χ4v) is 6.27. The van der Waals surface area contributed by atoms with E-state index in [9.17, 15) is 0 Å². The van der Waals surface area contributed by atoms with Gasteiger partial charge in [0.25, 0.3) is 0 Å². The zero-order valence-corrected chi connectivity index (χ0v) is 27.5. The van der Waals surface area contributed by atoms with Crippen molar-refractivity contribution in [2.75, 3.05) is 0 Å². The topological polar surface area (TPSA) is 0 Å². The summed E-state index contributed by atoms with van der Waals surface area (Å²) < 4.78 is 0. The Kier molecular flexibility index (Phi) is 13.4. The maximum absolute atomic E-state index is 2.46. The number of rotatable bonds is 10. The van der Waals surface area contributed by atoms with Gasteiger partial charge in [0.05, 0.1) is 0 Å². The van der Waals surface area contributed by atoms with E-state index in [0.29, 0.717) is 16.7 Å². The molecule has 0 radical (unpaired) electrons. The Morgan fingerprint density at radius 3 is 1.75 bits per heavy atom. The Labute approximate surface area is 248 Å². The van der Waals surface area contributed by atoms with Crippen LogP contribution in [-0.4, -0.2) is 0 Å². The third kappa shape index (κ3) is 11.5. The summed E-state index contributed by atoms with van der Waals surface area (Å²) in [5.74, 6) is 1.45. The average molecular weight is 539 g/mol. The molecule has 2 aliphatic carbocycles. The summed E-state index contributed by atoms with van der Waals surface area (Å²) in [5, 5.41) is 0. The Morgan fingerprint density at radius 1 is 0.675 bits per heavy atom. The molecule has 0 N–H and O–H groups in total. The van der Waals surface area contributed by atoms with Gasteiger partial charge < -0.3 is 0 Å². The summed E-state index contributed by atoms with van der Waals surface area (Å²) in [6, 6.07) is 0. The zero-order valence-electron chi connectivity index (χ0n) is 27.5. The van der Waals surface area contributed by atoms with Crippen molar-refractivity contribution in [3.8, 4) is 0 Å². The highest BCUT2D eigenvalue weighted by molar-refractivity contribution is 5.37. The molecule has 0 aliphatic heterocycles. The minimum absolute atomic E-state index is 0.293. The monoisotopic (exact) mass is 538 g/mol. The smallest absolute Gasteiger partial charge is 0.0104 e. The predicted octanol–water partition coefficient (Wildman–Crippen LogP) is 12.5. The van der Waals surface area contributed by atoms with E-state index in [-0.39, 0.29) is 0 Å². The van der Waals surface area contributed by atoms with Crippen molar-refractivity contribution in [1.29, 1.82) is 0 Å². The van der Waals surface area contributed by atoms with E-state index in [4.69, 9.17) is 0 Å². The molecule has 0 saturated heterocycles. The summed E-state index contributed by atoms with van der Waals surface area (Å²) in [4.78, 5) is 0. The molecule has 0 aromatic carbocycles. The molecule has 2 aliphatic rings. The van der Waals surface area contributed by atoms with Crippen molar-refractivity contribution in [3.05, 3.63) is 119 Å². The third-order valence-electron chi connectivity index (χ3n) is 8.88. The van der Waals surface area contributed by atoms with Gasteiger partial charge in [0.1, 0.15) is 0 Å². The van der Waals surface area contributed by atoms with Crippen molar-refractivity contribution < 1.29 is 0 Å². The largest absolute Gasteiger partial charge is 0.0804 e. The maximum Gasteiger partial charge on any atom is -0.0104 e. The van der Waals surface area contributed by atoms with Gasteiger partial charge in [0.2, 0.25) is 0 Å². The maximum atomic E-state index is 2.46. The molecule has 0 amide bonds. The first-order valence-electron chi connectivity index (χ1n) is 15.6. The second-order valence-electron chi connectivity index (χ2n) is 13.8. The molecule has 1 unspecified atom stereocenters. The van der Waals surface area contributed by atoms with Crippen molar-refractivity contribution >= 4 is 0 Å². The van der Waals surface area contributed by atoms with Gasteiger partial charge in [0, 0.05) is 0 Å². The van der Waals surface area contributed by atoms with Crippen molar-refractivity contribution in [3.63, 3.8) is 0 Å². The van der Waals surface area contributed by atoms with Crippen LogP contribution in [0.4, 0.5) is 0 Å². The van der Waals surface area contributed by atoms with E-state index < -0.39 is 0 Å².